The van der Waals surface area contributed by atoms with Crippen LogP contribution in [0.1, 0.15) is 129 Å². The molecule has 3 saturated heterocycles. The Balaban J connectivity index is 1.47. The van der Waals surface area contributed by atoms with Gasteiger partial charge in [0.1, 0.15) is 73.2 Å². The number of hydrogen-bond donors (Lipinski definition) is 12. The fraction of sp³-hybridized carbons (Fsp3) is 0.891. The number of allylic oxidation sites excluding steroid dienone is 3. The molecule has 0 bridgehead atoms. The Morgan fingerprint density at radius 3 is 1.52 bits per heavy atom. The first-order valence-electron chi connectivity index (χ1n) is 24.1. The standard InChI is InChI=1S/C46H83NO18/c1-3-5-7-8-9-10-11-12-13-14-15-16-17-18-19-20-22-24-34(52)47-29(30(51)23-21-6-4-2)28-60-44-40(58)37(55)42(32(26-49)62-44)65-46-41(59)38(56)43(33(27-50)63-46)64-45-39(57)36(54)35(53)31(25-48)61-45/h12-13,21,23,29-33,35-46,48-51,53-59H,3-11,14-20,22,24-28H2,1-2H3,(H,47,52)/b13-12-,23-21+. The molecular formula is C46H83NO18. The highest BCUT2D eigenvalue weighted by molar-refractivity contribution is 5.76. The molecule has 12 N–H and O–H groups in total. The molecule has 380 valence electrons. The van der Waals surface area contributed by atoms with Gasteiger partial charge in [0.2, 0.25) is 5.91 Å². The third kappa shape index (κ3) is 18.9. The third-order valence-corrected chi connectivity index (χ3v) is 12.2. The smallest absolute Gasteiger partial charge is 0.220 e. The van der Waals surface area contributed by atoms with E-state index in [1.54, 1.807) is 12.2 Å². The Bertz CT molecular complexity index is 1310. The zero-order valence-electron chi connectivity index (χ0n) is 38.5. The van der Waals surface area contributed by atoms with Crippen molar-refractivity contribution in [1.29, 1.82) is 0 Å². The first-order valence-corrected chi connectivity index (χ1v) is 24.1. The van der Waals surface area contributed by atoms with Crippen LogP contribution < -0.4 is 5.32 Å². The van der Waals surface area contributed by atoms with Gasteiger partial charge in [-0.25, -0.2) is 0 Å². The molecule has 0 aromatic carbocycles. The van der Waals surface area contributed by atoms with Crippen molar-refractivity contribution in [1.82, 2.24) is 5.32 Å². The predicted molar refractivity (Wildman–Crippen MR) is 236 cm³/mol. The summed E-state index contributed by atoms with van der Waals surface area (Å²) in [6.07, 6.45) is 0.262. The average Bonchev–Trinajstić information content (AvgIpc) is 3.30. The molecule has 0 radical (unpaired) electrons. The summed E-state index contributed by atoms with van der Waals surface area (Å²) in [6.45, 7) is 1.43. The summed E-state index contributed by atoms with van der Waals surface area (Å²) in [5.74, 6) is -0.295. The molecule has 19 heteroatoms. The van der Waals surface area contributed by atoms with Gasteiger partial charge in [-0.15, -0.1) is 0 Å². The predicted octanol–water partition coefficient (Wildman–Crippen LogP) is 0.471. The molecule has 0 saturated carbocycles. The molecule has 0 aliphatic carbocycles. The fourth-order valence-electron chi connectivity index (χ4n) is 8.13. The summed E-state index contributed by atoms with van der Waals surface area (Å²) in [5.41, 5.74) is 0. The van der Waals surface area contributed by atoms with Gasteiger partial charge in [0.15, 0.2) is 18.9 Å². The van der Waals surface area contributed by atoms with Gasteiger partial charge in [-0.3, -0.25) is 4.79 Å². The van der Waals surface area contributed by atoms with Crippen molar-refractivity contribution >= 4 is 5.91 Å². The van der Waals surface area contributed by atoms with Crippen molar-refractivity contribution in [2.75, 3.05) is 26.4 Å². The van der Waals surface area contributed by atoms with Crippen molar-refractivity contribution in [3.8, 4) is 0 Å². The van der Waals surface area contributed by atoms with E-state index in [1.807, 2.05) is 6.92 Å². The molecule has 0 aromatic heterocycles. The number of aliphatic hydroxyl groups excluding tert-OH is 11. The summed E-state index contributed by atoms with van der Waals surface area (Å²) >= 11 is 0. The summed E-state index contributed by atoms with van der Waals surface area (Å²) in [4.78, 5) is 13.0. The molecule has 19 nitrogen and oxygen atoms in total. The number of carbonyl (C=O) groups excluding carboxylic acids is 1. The van der Waals surface area contributed by atoms with Crippen LogP contribution in [0, 0.1) is 0 Å². The minimum Gasteiger partial charge on any atom is -0.394 e. The van der Waals surface area contributed by atoms with E-state index in [9.17, 15) is 61.0 Å². The monoisotopic (exact) mass is 938 g/mol. The highest BCUT2D eigenvalue weighted by Crippen LogP contribution is 2.33. The van der Waals surface area contributed by atoms with E-state index in [0.717, 1.165) is 38.5 Å². The van der Waals surface area contributed by atoms with Gasteiger partial charge in [0.05, 0.1) is 38.6 Å². The quantitative estimate of drug-likeness (QED) is 0.0322. The van der Waals surface area contributed by atoms with Crippen LogP contribution in [0.25, 0.3) is 0 Å². The molecule has 3 aliphatic heterocycles. The number of aliphatic hydroxyl groups is 11. The number of amides is 1. The molecular weight excluding hydrogens is 854 g/mol. The Kier molecular flexibility index (Phi) is 28.5. The van der Waals surface area contributed by atoms with Crippen molar-refractivity contribution in [2.24, 2.45) is 0 Å². The molecule has 65 heavy (non-hydrogen) atoms. The van der Waals surface area contributed by atoms with E-state index in [4.69, 9.17) is 28.4 Å². The van der Waals surface area contributed by atoms with Gasteiger partial charge in [0.25, 0.3) is 0 Å². The highest BCUT2D eigenvalue weighted by Gasteiger charge is 2.53. The fourth-order valence-corrected chi connectivity index (χ4v) is 8.13. The van der Waals surface area contributed by atoms with E-state index in [1.165, 1.54) is 57.8 Å². The number of hydrogen-bond acceptors (Lipinski definition) is 18. The lowest BCUT2D eigenvalue weighted by Crippen LogP contribution is -2.66. The first kappa shape index (κ1) is 57.6. The van der Waals surface area contributed by atoms with E-state index < -0.39 is 124 Å². The van der Waals surface area contributed by atoms with Crippen LogP contribution >= 0.6 is 0 Å². The molecule has 17 unspecified atom stereocenters. The molecule has 1 amide bonds. The van der Waals surface area contributed by atoms with Crippen LogP contribution in [0.3, 0.4) is 0 Å². The molecule has 3 heterocycles. The van der Waals surface area contributed by atoms with E-state index in [-0.39, 0.29) is 18.9 Å². The SMILES string of the molecule is CCC/C=C/C(O)C(COC1OC(CO)C(OC2OC(CO)C(OC3OC(CO)C(O)C(O)C3O)C(O)C2O)C(O)C1O)NC(=O)CCCCCCCCC/C=C\CCCCCCCC. The Morgan fingerprint density at radius 1 is 0.538 bits per heavy atom. The normalized spacial score (nSPS) is 34.3. The van der Waals surface area contributed by atoms with Gasteiger partial charge in [0, 0.05) is 6.42 Å². The Hall–Kier alpha value is -1.73. The molecule has 3 fully saturated rings. The number of carbonyl (C=O) groups is 1. The van der Waals surface area contributed by atoms with Crippen LogP contribution in [0.2, 0.25) is 0 Å². The molecule has 0 aromatic rings. The molecule has 0 spiro atoms. The Morgan fingerprint density at radius 2 is 1.00 bits per heavy atom. The summed E-state index contributed by atoms with van der Waals surface area (Å²) in [6, 6.07) is -0.967. The summed E-state index contributed by atoms with van der Waals surface area (Å²) in [5, 5.41) is 119. The van der Waals surface area contributed by atoms with Crippen LogP contribution in [-0.4, -0.2) is 193 Å². The lowest BCUT2D eigenvalue weighted by atomic mass is 9.96. The lowest BCUT2D eigenvalue weighted by molar-refractivity contribution is -0.379. The number of nitrogens with one attached hydrogen (secondary N) is 1. The zero-order chi connectivity index (χ0) is 47.7. The first-order chi connectivity index (χ1) is 31.3. The minimum absolute atomic E-state index is 0.236. The lowest BCUT2D eigenvalue weighted by Gasteiger charge is -2.48. The second kappa shape index (κ2) is 32.2. The maximum Gasteiger partial charge on any atom is 0.220 e. The molecule has 17 atom stereocenters. The second-order valence-corrected chi connectivity index (χ2v) is 17.6. The van der Waals surface area contributed by atoms with E-state index in [2.05, 4.69) is 24.4 Å². The second-order valence-electron chi connectivity index (χ2n) is 17.6. The maximum atomic E-state index is 13.0. The van der Waals surface area contributed by atoms with E-state index >= 15 is 0 Å². The third-order valence-electron chi connectivity index (χ3n) is 12.2. The van der Waals surface area contributed by atoms with Gasteiger partial charge >= 0.3 is 0 Å². The summed E-state index contributed by atoms with van der Waals surface area (Å²) in [7, 11) is 0. The van der Waals surface area contributed by atoms with Crippen molar-refractivity contribution in [3.05, 3.63) is 24.3 Å². The van der Waals surface area contributed by atoms with Gasteiger partial charge < -0.3 is 89.9 Å². The van der Waals surface area contributed by atoms with Crippen molar-refractivity contribution < 1.29 is 89.4 Å². The number of unbranched alkanes of at least 4 members (excludes halogenated alkanes) is 14. The van der Waals surface area contributed by atoms with Crippen LogP contribution in [-0.2, 0) is 33.2 Å². The van der Waals surface area contributed by atoms with Gasteiger partial charge in [-0.1, -0.05) is 109 Å². The van der Waals surface area contributed by atoms with Crippen LogP contribution in [0.15, 0.2) is 24.3 Å². The maximum absolute atomic E-state index is 13.0. The average molecular weight is 938 g/mol. The molecule has 3 aliphatic rings. The van der Waals surface area contributed by atoms with Crippen molar-refractivity contribution in [2.45, 2.75) is 234 Å². The molecule has 3 rings (SSSR count). The van der Waals surface area contributed by atoms with Crippen molar-refractivity contribution in [3.63, 3.8) is 0 Å². The van der Waals surface area contributed by atoms with E-state index in [0.29, 0.717) is 12.8 Å². The number of ether oxygens (including phenoxy) is 6. The largest absolute Gasteiger partial charge is 0.394 e. The minimum atomic E-state index is -1.97. The highest BCUT2D eigenvalue weighted by atomic mass is 16.8. The van der Waals surface area contributed by atoms with Gasteiger partial charge in [-0.05, 0) is 38.5 Å². The topological polar surface area (TPSA) is 307 Å². The summed E-state index contributed by atoms with van der Waals surface area (Å²) < 4.78 is 33.8. The Labute approximate surface area is 384 Å². The zero-order valence-corrected chi connectivity index (χ0v) is 38.5. The van der Waals surface area contributed by atoms with Crippen LogP contribution in [0.5, 0.6) is 0 Å². The number of rotatable bonds is 32. The van der Waals surface area contributed by atoms with Gasteiger partial charge in [-0.2, -0.15) is 0 Å². The van der Waals surface area contributed by atoms with Crippen LogP contribution in [0.4, 0.5) is 0 Å².